The van der Waals surface area contributed by atoms with Gasteiger partial charge < -0.3 is 14.8 Å². The van der Waals surface area contributed by atoms with Crippen LogP contribution in [-0.4, -0.2) is 24.0 Å². The average molecular weight is 499 g/mol. The molecule has 182 valence electrons. The number of hydrogen-bond acceptors (Lipinski definition) is 6. The fourth-order valence-corrected chi connectivity index (χ4v) is 4.35. The molecule has 0 atom stereocenters. The Bertz CT molecular complexity index is 1380. The zero-order valence-electron chi connectivity index (χ0n) is 20.1. The van der Waals surface area contributed by atoms with Crippen LogP contribution in [-0.2, 0) is 27.4 Å². The lowest BCUT2D eigenvalue weighted by Crippen LogP contribution is -2.15. The van der Waals surface area contributed by atoms with Crippen molar-refractivity contribution in [2.45, 2.75) is 20.0 Å². The molecule has 36 heavy (non-hydrogen) atoms. The molecule has 3 aromatic carbocycles. The molecule has 7 heteroatoms. The molecule has 4 aromatic rings. The van der Waals surface area contributed by atoms with Gasteiger partial charge in [0.25, 0.3) is 0 Å². The Labute approximate surface area is 214 Å². The number of carbonyl (C=O) groups is 2. The highest BCUT2D eigenvalue weighted by atomic mass is 32.1. The van der Waals surface area contributed by atoms with Crippen LogP contribution < -0.4 is 10.1 Å². The second-order valence-corrected chi connectivity index (χ2v) is 8.96. The maximum Gasteiger partial charge on any atom is 0.339 e. The van der Waals surface area contributed by atoms with E-state index >= 15 is 0 Å². The lowest BCUT2D eigenvalue weighted by atomic mass is 10.0. The molecule has 0 radical (unpaired) electrons. The Balaban J connectivity index is 1.43. The lowest BCUT2D eigenvalue weighted by molar-refractivity contribution is -0.137. The first-order valence-electron chi connectivity index (χ1n) is 11.4. The summed E-state index contributed by atoms with van der Waals surface area (Å²) in [6, 6.07) is 24.4. The van der Waals surface area contributed by atoms with E-state index in [9.17, 15) is 9.59 Å². The van der Waals surface area contributed by atoms with Crippen LogP contribution in [0.4, 0.5) is 5.69 Å². The van der Waals surface area contributed by atoms with Gasteiger partial charge in [-0.2, -0.15) is 0 Å². The molecular formula is C29H26N2O4S. The Hall–Kier alpha value is -4.23. The van der Waals surface area contributed by atoms with Crippen molar-refractivity contribution < 1.29 is 19.1 Å². The quantitative estimate of drug-likeness (QED) is 0.176. The number of para-hydroxylation sites is 2. The molecule has 0 bridgehead atoms. The molecule has 4 rings (SSSR count). The number of carbonyl (C=O) groups excluding carboxylic acids is 2. The summed E-state index contributed by atoms with van der Waals surface area (Å²) >= 11 is 1.36. The van der Waals surface area contributed by atoms with Crippen molar-refractivity contribution in [1.29, 1.82) is 0 Å². The van der Waals surface area contributed by atoms with Gasteiger partial charge >= 0.3 is 5.97 Å². The van der Waals surface area contributed by atoms with Gasteiger partial charge in [-0.1, -0.05) is 66.7 Å². The average Bonchev–Trinajstić information content (AvgIpc) is 3.35. The molecule has 1 N–H and O–H groups in total. The third kappa shape index (κ3) is 6.46. The lowest BCUT2D eigenvalue weighted by Gasteiger charge is -2.10. The van der Waals surface area contributed by atoms with Gasteiger partial charge in [-0.25, -0.2) is 9.78 Å². The maximum absolute atomic E-state index is 13.1. The van der Waals surface area contributed by atoms with Gasteiger partial charge in [-0.3, -0.25) is 4.79 Å². The summed E-state index contributed by atoms with van der Waals surface area (Å²) in [4.78, 5) is 30.0. The molecule has 0 saturated heterocycles. The number of ether oxygens (including phenoxy) is 2. The summed E-state index contributed by atoms with van der Waals surface area (Å²) < 4.78 is 11.0. The maximum atomic E-state index is 13.1. The highest BCUT2D eigenvalue weighted by Crippen LogP contribution is 2.26. The molecule has 1 heterocycles. The number of nitrogens with one attached hydrogen (secondary N) is 1. The van der Waals surface area contributed by atoms with E-state index in [0.717, 1.165) is 22.4 Å². The van der Waals surface area contributed by atoms with Crippen LogP contribution in [0.25, 0.3) is 11.6 Å². The molecular weight excluding hydrogens is 472 g/mol. The van der Waals surface area contributed by atoms with Gasteiger partial charge in [0.2, 0.25) is 5.91 Å². The number of thiazole rings is 1. The smallest absolute Gasteiger partial charge is 0.339 e. The topological polar surface area (TPSA) is 77.5 Å². The number of methoxy groups -OCH3 is 1. The first-order valence-corrected chi connectivity index (χ1v) is 12.3. The molecule has 0 aliphatic rings. The Morgan fingerprint density at radius 2 is 1.69 bits per heavy atom. The van der Waals surface area contributed by atoms with Crippen LogP contribution in [0.2, 0.25) is 0 Å². The summed E-state index contributed by atoms with van der Waals surface area (Å²) in [6.45, 7) is 1.95. The van der Waals surface area contributed by atoms with Crippen molar-refractivity contribution in [1.82, 2.24) is 4.98 Å². The highest BCUT2D eigenvalue weighted by Gasteiger charge is 2.16. The molecule has 0 spiro atoms. The van der Waals surface area contributed by atoms with Crippen LogP contribution in [0.3, 0.4) is 0 Å². The first-order chi connectivity index (χ1) is 17.5. The summed E-state index contributed by atoms with van der Waals surface area (Å²) in [6.07, 6.45) is 1.91. The highest BCUT2D eigenvalue weighted by molar-refractivity contribution is 7.09. The third-order valence-corrected chi connectivity index (χ3v) is 6.32. The van der Waals surface area contributed by atoms with Crippen molar-refractivity contribution in [3.05, 3.63) is 112 Å². The van der Waals surface area contributed by atoms with Crippen molar-refractivity contribution in [2.24, 2.45) is 0 Å². The zero-order valence-corrected chi connectivity index (χ0v) is 20.9. The van der Waals surface area contributed by atoms with Crippen LogP contribution in [0.5, 0.6) is 5.75 Å². The summed E-state index contributed by atoms with van der Waals surface area (Å²) in [7, 11) is 1.59. The SMILES string of the molecule is COc1ccccc1/C=C(/C(=O)OCc1csc(CC(=O)Nc2ccccc2C)n1)c1ccccc1. The van der Waals surface area contributed by atoms with E-state index in [-0.39, 0.29) is 18.9 Å². The molecule has 1 aromatic heterocycles. The molecule has 6 nitrogen and oxygen atoms in total. The van der Waals surface area contributed by atoms with Crippen LogP contribution >= 0.6 is 11.3 Å². The first kappa shape index (κ1) is 24.9. The van der Waals surface area contributed by atoms with E-state index in [1.54, 1.807) is 18.6 Å². The monoisotopic (exact) mass is 498 g/mol. The van der Waals surface area contributed by atoms with Gasteiger partial charge in [0.15, 0.2) is 0 Å². The minimum Gasteiger partial charge on any atom is -0.496 e. The number of aromatic nitrogens is 1. The minimum absolute atomic E-state index is 0.00481. The predicted octanol–water partition coefficient (Wildman–Crippen LogP) is 5.93. The van der Waals surface area contributed by atoms with Gasteiger partial charge in [-0.05, 0) is 36.3 Å². The Morgan fingerprint density at radius 3 is 2.47 bits per heavy atom. The zero-order chi connectivity index (χ0) is 25.3. The van der Waals surface area contributed by atoms with E-state index in [1.807, 2.05) is 85.8 Å². The molecule has 0 unspecified atom stereocenters. The Morgan fingerprint density at radius 1 is 0.972 bits per heavy atom. The van der Waals surface area contributed by atoms with E-state index < -0.39 is 5.97 Å². The fraction of sp³-hybridized carbons (Fsp3) is 0.138. The standard InChI is InChI=1S/C29H26N2O4S/c1-20-10-6-8-14-25(20)31-27(32)17-28-30-23(19-36-28)18-35-29(33)24(21-11-4-3-5-12-21)16-22-13-7-9-15-26(22)34-2/h3-16,19H,17-18H2,1-2H3,(H,31,32)/b24-16+. The minimum atomic E-state index is -0.473. The van der Waals surface area contributed by atoms with Crippen molar-refractivity contribution in [3.8, 4) is 5.75 Å². The molecule has 0 aliphatic carbocycles. The second-order valence-electron chi connectivity index (χ2n) is 8.01. The summed E-state index contributed by atoms with van der Waals surface area (Å²) in [5.74, 6) is 0.0408. The summed E-state index contributed by atoms with van der Waals surface area (Å²) in [5, 5.41) is 5.36. The van der Waals surface area contributed by atoms with E-state index in [4.69, 9.17) is 9.47 Å². The van der Waals surface area contributed by atoms with E-state index in [1.165, 1.54) is 11.3 Å². The van der Waals surface area contributed by atoms with Gasteiger partial charge in [0.05, 0.1) is 24.8 Å². The number of anilines is 1. The van der Waals surface area contributed by atoms with Gasteiger partial charge in [0, 0.05) is 16.6 Å². The van der Waals surface area contributed by atoms with Crippen molar-refractivity contribution in [2.75, 3.05) is 12.4 Å². The van der Waals surface area contributed by atoms with Crippen molar-refractivity contribution in [3.63, 3.8) is 0 Å². The Kier molecular flexibility index (Phi) is 8.26. The summed E-state index contributed by atoms with van der Waals surface area (Å²) in [5.41, 5.74) is 4.29. The number of nitrogens with zero attached hydrogens (tertiary/aromatic N) is 1. The number of hydrogen-bond donors (Lipinski definition) is 1. The van der Waals surface area contributed by atoms with Crippen molar-refractivity contribution >= 4 is 40.5 Å². The second kappa shape index (κ2) is 12.0. The number of esters is 1. The fourth-order valence-electron chi connectivity index (χ4n) is 3.58. The molecule has 1 amide bonds. The van der Waals surface area contributed by atoms with E-state index in [2.05, 4.69) is 10.3 Å². The molecule has 0 saturated carbocycles. The number of aryl methyl sites for hydroxylation is 1. The number of amides is 1. The number of benzene rings is 3. The van der Waals surface area contributed by atoms with E-state index in [0.29, 0.717) is 22.0 Å². The molecule has 0 fully saturated rings. The largest absolute Gasteiger partial charge is 0.496 e. The van der Waals surface area contributed by atoms with Crippen LogP contribution in [0.15, 0.2) is 84.2 Å². The van der Waals surface area contributed by atoms with Gasteiger partial charge in [-0.15, -0.1) is 11.3 Å². The van der Waals surface area contributed by atoms with Crippen LogP contribution in [0.1, 0.15) is 27.4 Å². The number of rotatable bonds is 9. The van der Waals surface area contributed by atoms with Gasteiger partial charge in [0.1, 0.15) is 17.4 Å². The third-order valence-electron chi connectivity index (χ3n) is 5.42. The normalized spacial score (nSPS) is 11.1. The van der Waals surface area contributed by atoms with Crippen LogP contribution in [0, 0.1) is 6.92 Å². The molecule has 0 aliphatic heterocycles. The predicted molar refractivity (Wildman–Crippen MR) is 143 cm³/mol.